The quantitative estimate of drug-likeness (QED) is 0.178. The van der Waals surface area contributed by atoms with Gasteiger partial charge in [-0.2, -0.15) is 0 Å². The maximum Gasteiger partial charge on any atom is 0.339 e. The number of benzene rings is 3. The second-order valence-corrected chi connectivity index (χ2v) is 10.3. The van der Waals surface area contributed by atoms with Crippen molar-refractivity contribution in [2.75, 3.05) is 19.0 Å². The minimum atomic E-state index is -0.423. The second kappa shape index (κ2) is 11.8. The van der Waals surface area contributed by atoms with Gasteiger partial charge in [0.05, 0.1) is 36.1 Å². The van der Waals surface area contributed by atoms with E-state index in [-0.39, 0.29) is 24.4 Å². The molecule has 0 aliphatic carbocycles. The van der Waals surface area contributed by atoms with Gasteiger partial charge in [-0.15, -0.1) is 0 Å². The van der Waals surface area contributed by atoms with Crippen LogP contribution in [-0.4, -0.2) is 45.1 Å². The van der Waals surface area contributed by atoms with Crippen molar-refractivity contribution in [1.82, 2.24) is 19.8 Å². The molecule has 1 aliphatic heterocycles. The Bertz CT molecular complexity index is 1760. The first kappa shape index (κ1) is 27.2. The Morgan fingerprint density at radius 3 is 2.57 bits per heavy atom. The third-order valence-electron chi connectivity index (χ3n) is 7.49. The molecule has 3 heterocycles. The molecule has 5 aromatic rings. The molecule has 0 radical (unpaired) electrons. The predicted octanol–water partition coefficient (Wildman–Crippen LogP) is 5.81. The summed E-state index contributed by atoms with van der Waals surface area (Å²) in [6.07, 6.45) is 3.89. The Morgan fingerprint density at radius 2 is 1.74 bits per heavy atom. The smallest absolute Gasteiger partial charge is 0.339 e. The van der Waals surface area contributed by atoms with E-state index in [1.165, 1.54) is 7.11 Å². The van der Waals surface area contributed by atoms with Crippen LogP contribution in [0.4, 0.5) is 5.69 Å². The molecule has 1 fully saturated rings. The molecule has 1 aliphatic rings. The molecule has 1 amide bonds. The third kappa shape index (κ3) is 5.22. The predicted molar refractivity (Wildman–Crippen MR) is 166 cm³/mol. The van der Waals surface area contributed by atoms with Gasteiger partial charge in [-0.1, -0.05) is 54.6 Å². The van der Waals surface area contributed by atoms with Gasteiger partial charge in [-0.3, -0.25) is 9.78 Å². The monoisotopic (exact) mass is 575 g/mol. The Kier molecular flexibility index (Phi) is 7.66. The lowest BCUT2D eigenvalue weighted by Crippen LogP contribution is -2.33. The van der Waals surface area contributed by atoms with Gasteiger partial charge >= 0.3 is 5.97 Å². The maximum absolute atomic E-state index is 13.2. The Labute approximate surface area is 248 Å². The number of hydrogen-bond donors (Lipinski definition) is 2. The van der Waals surface area contributed by atoms with Gasteiger partial charge in [0.15, 0.2) is 5.11 Å². The molecule has 0 unspecified atom stereocenters. The van der Waals surface area contributed by atoms with Gasteiger partial charge in [-0.25, -0.2) is 4.79 Å². The van der Waals surface area contributed by atoms with Crippen LogP contribution in [0.25, 0.3) is 16.5 Å². The largest absolute Gasteiger partial charge is 0.465 e. The number of rotatable bonds is 8. The molecule has 2 N–H and O–H groups in total. The molecular formula is C33H29N5O3S. The summed E-state index contributed by atoms with van der Waals surface area (Å²) < 4.78 is 7.04. The van der Waals surface area contributed by atoms with E-state index in [4.69, 9.17) is 17.0 Å². The van der Waals surface area contributed by atoms with Crippen LogP contribution < -0.4 is 10.6 Å². The second-order valence-electron chi connectivity index (χ2n) is 9.96. The zero-order valence-corrected chi connectivity index (χ0v) is 23.8. The number of nitrogens with one attached hydrogen (secondary N) is 2. The average Bonchev–Trinajstić information content (AvgIpc) is 3.64. The third-order valence-corrected chi connectivity index (χ3v) is 7.85. The van der Waals surface area contributed by atoms with E-state index in [9.17, 15) is 9.59 Å². The summed E-state index contributed by atoms with van der Waals surface area (Å²) in [6, 6.07) is 30.3. The average molecular weight is 576 g/mol. The fourth-order valence-corrected chi connectivity index (χ4v) is 5.89. The summed E-state index contributed by atoms with van der Waals surface area (Å²) in [5.74, 6) is -0.533. The summed E-state index contributed by atoms with van der Waals surface area (Å²) >= 11 is 5.83. The molecule has 3 aromatic carbocycles. The van der Waals surface area contributed by atoms with Crippen LogP contribution >= 0.6 is 12.2 Å². The van der Waals surface area contributed by atoms with Crippen molar-refractivity contribution in [2.24, 2.45) is 0 Å². The number of aromatic nitrogens is 2. The van der Waals surface area contributed by atoms with Crippen molar-refractivity contribution in [3.8, 4) is 5.69 Å². The standard InChI is InChI=1S/C33H29N5O3S/c1-41-32(40)24-13-4-5-16-27(24)37-20-9-17-28(37)31-30(26-14-6-7-19-34-26)36-33(42)38(31)21-18-29(39)35-25-15-8-11-22-10-2-3-12-23(22)25/h2-17,19-20,30-31H,18,21H2,1H3,(H,35,39)(H,36,42)/t30-,31-/m0/s1. The van der Waals surface area contributed by atoms with Gasteiger partial charge < -0.3 is 24.8 Å². The summed E-state index contributed by atoms with van der Waals surface area (Å²) in [7, 11) is 1.37. The van der Waals surface area contributed by atoms with Gasteiger partial charge in [0.2, 0.25) is 5.91 Å². The van der Waals surface area contributed by atoms with E-state index < -0.39 is 5.97 Å². The van der Waals surface area contributed by atoms with E-state index >= 15 is 0 Å². The molecular weight excluding hydrogens is 546 g/mol. The van der Waals surface area contributed by atoms with Gasteiger partial charge in [0.1, 0.15) is 0 Å². The van der Waals surface area contributed by atoms with E-state index in [1.54, 1.807) is 12.3 Å². The van der Waals surface area contributed by atoms with Crippen molar-refractivity contribution >= 4 is 45.7 Å². The molecule has 2 aromatic heterocycles. The molecule has 42 heavy (non-hydrogen) atoms. The van der Waals surface area contributed by atoms with Crippen LogP contribution in [0.2, 0.25) is 0 Å². The SMILES string of the molecule is COC(=O)c1ccccc1-n1cccc1[C@H]1[C@H](c2ccccn2)NC(=S)N1CCC(=O)Nc1cccc2ccccc12. The Hall–Kier alpha value is -5.02. The highest BCUT2D eigenvalue weighted by Gasteiger charge is 2.41. The van der Waals surface area contributed by atoms with Gasteiger partial charge in [-0.05, 0) is 60.1 Å². The number of anilines is 1. The lowest BCUT2D eigenvalue weighted by atomic mass is 10.0. The van der Waals surface area contributed by atoms with Crippen molar-refractivity contribution in [2.45, 2.75) is 18.5 Å². The van der Waals surface area contributed by atoms with Crippen molar-refractivity contribution in [3.63, 3.8) is 0 Å². The topological polar surface area (TPSA) is 88.5 Å². The minimum absolute atomic E-state index is 0.111. The van der Waals surface area contributed by atoms with Crippen LogP contribution in [0, 0.1) is 0 Å². The zero-order valence-electron chi connectivity index (χ0n) is 22.9. The number of amides is 1. The molecule has 0 bridgehead atoms. The maximum atomic E-state index is 13.2. The minimum Gasteiger partial charge on any atom is -0.465 e. The van der Waals surface area contributed by atoms with E-state index in [0.717, 1.165) is 27.8 Å². The first-order chi connectivity index (χ1) is 20.5. The van der Waals surface area contributed by atoms with Crippen molar-refractivity contribution in [1.29, 1.82) is 0 Å². The number of para-hydroxylation sites is 1. The number of thiocarbonyl (C=S) groups is 1. The lowest BCUT2D eigenvalue weighted by Gasteiger charge is -2.29. The molecule has 2 atom stereocenters. The number of methoxy groups -OCH3 is 1. The van der Waals surface area contributed by atoms with Crippen LogP contribution in [0.1, 0.15) is 40.3 Å². The number of fused-ring (bicyclic) bond motifs is 1. The highest BCUT2D eigenvalue weighted by Crippen LogP contribution is 2.40. The molecule has 210 valence electrons. The van der Waals surface area contributed by atoms with Gasteiger partial charge in [0, 0.05) is 42.1 Å². The number of carbonyl (C=O) groups excluding carboxylic acids is 2. The lowest BCUT2D eigenvalue weighted by molar-refractivity contribution is -0.116. The van der Waals surface area contributed by atoms with E-state index in [2.05, 4.69) is 15.6 Å². The zero-order chi connectivity index (χ0) is 29.1. The molecule has 8 nitrogen and oxygen atoms in total. The summed E-state index contributed by atoms with van der Waals surface area (Å²) in [4.78, 5) is 32.5. The number of hydrogen-bond acceptors (Lipinski definition) is 5. The van der Waals surface area contributed by atoms with E-state index in [1.807, 2.05) is 107 Å². The highest BCUT2D eigenvalue weighted by molar-refractivity contribution is 7.80. The molecule has 0 saturated carbocycles. The number of nitrogens with zero attached hydrogens (tertiary/aromatic N) is 3. The van der Waals surface area contributed by atoms with Crippen LogP contribution in [0.5, 0.6) is 0 Å². The fraction of sp³-hybridized carbons (Fsp3) is 0.152. The van der Waals surface area contributed by atoms with Crippen LogP contribution in [-0.2, 0) is 9.53 Å². The number of ether oxygens (including phenoxy) is 1. The normalized spacial score (nSPS) is 16.3. The van der Waals surface area contributed by atoms with Crippen LogP contribution in [0.15, 0.2) is 109 Å². The van der Waals surface area contributed by atoms with Crippen LogP contribution in [0.3, 0.4) is 0 Å². The number of carbonyl (C=O) groups is 2. The Morgan fingerprint density at radius 1 is 0.952 bits per heavy atom. The number of pyridine rings is 1. The van der Waals surface area contributed by atoms with E-state index in [0.29, 0.717) is 22.9 Å². The Balaban J connectivity index is 1.32. The van der Waals surface area contributed by atoms with Crippen molar-refractivity contribution in [3.05, 3.63) is 126 Å². The summed E-state index contributed by atoms with van der Waals surface area (Å²) in [6.45, 7) is 0.375. The summed E-state index contributed by atoms with van der Waals surface area (Å²) in [5.41, 5.74) is 3.62. The van der Waals surface area contributed by atoms with Crippen molar-refractivity contribution < 1.29 is 14.3 Å². The first-order valence-corrected chi connectivity index (χ1v) is 14.1. The first-order valence-electron chi connectivity index (χ1n) is 13.7. The number of esters is 1. The van der Waals surface area contributed by atoms with Gasteiger partial charge in [0.25, 0.3) is 0 Å². The fourth-order valence-electron chi connectivity index (χ4n) is 5.56. The summed E-state index contributed by atoms with van der Waals surface area (Å²) in [5, 5.41) is 9.10. The molecule has 6 rings (SSSR count). The molecule has 9 heteroatoms. The highest BCUT2D eigenvalue weighted by atomic mass is 32.1. The molecule has 0 spiro atoms. The molecule has 1 saturated heterocycles.